The quantitative estimate of drug-likeness (QED) is 0.656. The minimum Gasteiger partial charge on any atom is -0.463 e. The van der Waals surface area contributed by atoms with E-state index in [2.05, 4.69) is 23.1 Å². The summed E-state index contributed by atoms with van der Waals surface area (Å²) in [6, 6.07) is 5.77. The number of carbonyl (C=O) groups is 1. The van der Waals surface area contributed by atoms with Crippen molar-refractivity contribution in [3.05, 3.63) is 24.2 Å². The molecule has 10 heteroatoms. The second-order valence-corrected chi connectivity index (χ2v) is 10.2. The van der Waals surface area contributed by atoms with Crippen LogP contribution in [0.15, 0.2) is 18.5 Å². The molecule has 2 saturated heterocycles. The van der Waals surface area contributed by atoms with Crippen LogP contribution in [0.1, 0.15) is 58.6 Å². The summed E-state index contributed by atoms with van der Waals surface area (Å²) in [4.78, 5) is 16.6. The van der Waals surface area contributed by atoms with Crippen molar-refractivity contribution < 1.29 is 23.7 Å². The summed E-state index contributed by atoms with van der Waals surface area (Å²) in [5.74, 6) is 0.199. The van der Waals surface area contributed by atoms with Crippen LogP contribution in [0.2, 0.25) is 0 Å². The smallest absolute Gasteiger partial charge is 0.306 e. The average Bonchev–Trinajstić information content (AvgIpc) is 3.45. The minimum absolute atomic E-state index is 0.0214. The van der Waals surface area contributed by atoms with E-state index in [1.165, 1.54) is 10.8 Å². The molecule has 5 rings (SSSR count). The molecule has 0 amide bonds. The maximum absolute atomic E-state index is 12.6. The predicted molar refractivity (Wildman–Crippen MR) is 120 cm³/mol. The molecule has 182 valence electrons. The highest BCUT2D eigenvalue weighted by Gasteiger charge is 2.65. The molecule has 0 unspecified atom stereocenters. The van der Waals surface area contributed by atoms with Crippen LogP contribution in [0.3, 0.4) is 0 Å². The van der Waals surface area contributed by atoms with Crippen molar-refractivity contribution in [2.75, 3.05) is 12.3 Å². The standard InChI is InChI=1S/C24H31N5O5/c1-14-4-6-15(7-5-14)10-19(30)31-11-17-20-21(34-23(2,3)33-20)24(12-25,32-17)18-9-8-16-22(26)27-13-28-29(16)18/h8-9,13-15,17,20-21H,4-7,10-11H2,1-3H3,(H2,26,27,28)/t14?,15?,17-,20-,21-,24+/m1/s1. The number of hydrogen-bond donors (Lipinski definition) is 1. The Kier molecular flexibility index (Phi) is 5.74. The number of aromatic nitrogens is 3. The number of hydrogen-bond acceptors (Lipinski definition) is 9. The lowest BCUT2D eigenvalue weighted by atomic mass is 9.81. The molecule has 2 N–H and O–H groups in total. The number of carbonyl (C=O) groups excluding carboxylic acids is 1. The zero-order valence-electron chi connectivity index (χ0n) is 19.8. The maximum Gasteiger partial charge on any atom is 0.306 e. The van der Waals surface area contributed by atoms with Gasteiger partial charge in [0.15, 0.2) is 11.6 Å². The Morgan fingerprint density at radius 1 is 1.26 bits per heavy atom. The lowest BCUT2D eigenvalue weighted by molar-refractivity contribution is -0.207. The van der Waals surface area contributed by atoms with E-state index < -0.39 is 29.7 Å². The van der Waals surface area contributed by atoms with Crippen LogP contribution in [0.5, 0.6) is 0 Å². The average molecular weight is 470 g/mol. The minimum atomic E-state index is -1.53. The summed E-state index contributed by atoms with van der Waals surface area (Å²) in [6.45, 7) is 5.81. The summed E-state index contributed by atoms with van der Waals surface area (Å²) in [6.07, 6.45) is 4.12. The number of anilines is 1. The van der Waals surface area contributed by atoms with Crippen LogP contribution in [0.4, 0.5) is 5.82 Å². The van der Waals surface area contributed by atoms with Crippen molar-refractivity contribution in [2.45, 2.75) is 82.6 Å². The lowest BCUT2D eigenvalue weighted by Gasteiger charge is -2.29. The lowest BCUT2D eigenvalue weighted by Crippen LogP contribution is -2.40. The van der Waals surface area contributed by atoms with Crippen molar-refractivity contribution >= 4 is 17.3 Å². The third-order valence-corrected chi connectivity index (χ3v) is 7.26. The van der Waals surface area contributed by atoms with Crippen molar-refractivity contribution in [1.29, 1.82) is 5.26 Å². The largest absolute Gasteiger partial charge is 0.463 e. The molecule has 34 heavy (non-hydrogen) atoms. The molecule has 4 heterocycles. The zero-order chi connectivity index (χ0) is 24.1. The first kappa shape index (κ1) is 23.0. The molecule has 1 saturated carbocycles. The van der Waals surface area contributed by atoms with E-state index in [9.17, 15) is 10.1 Å². The molecule has 2 aromatic rings. The molecule has 0 aromatic carbocycles. The van der Waals surface area contributed by atoms with Crippen LogP contribution in [-0.2, 0) is 29.3 Å². The predicted octanol–water partition coefficient (Wildman–Crippen LogP) is 2.71. The third-order valence-electron chi connectivity index (χ3n) is 7.26. The number of nitriles is 1. The molecule has 2 aromatic heterocycles. The first-order valence-corrected chi connectivity index (χ1v) is 11.9. The van der Waals surface area contributed by atoms with Gasteiger partial charge in [0.05, 0.1) is 5.69 Å². The number of rotatable bonds is 5. The summed E-state index contributed by atoms with van der Waals surface area (Å²) < 4.78 is 25.7. The maximum atomic E-state index is 12.6. The number of esters is 1. The van der Waals surface area contributed by atoms with Gasteiger partial charge in [0.1, 0.15) is 42.8 Å². The van der Waals surface area contributed by atoms with E-state index in [0.717, 1.165) is 31.6 Å². The van der Waals surface area contributed by atoms with E-state index >= 15 is 0 Å². The van der Waals surface area contributed by atoms with E-state index in [1.54, 1.807) is 26.0 Å². The normalized spacial score (nSPS) is 34.6. The van der Waals surface area contributed by atoms with Gasteiger partial charge in [-0.2, -0.15) is 10.4 Å². The van der Waals surface area contributed by atoms with E-state index in [1.807, 2.05) is 0 Å². The monoisotopic (exact) mass is 469 g/mol. The van der Waals surface area contributed by atoms with Gasteiger partial charge in [-0.15, -0.1) is 0 Å². The molecule has 1 aliphatic carbocycles. The van der Waals surface area contributed by atoms with Gasteiger partial charge in [0.25, 0.3) is 0 Å². The Labute approximate surface area is 198 Å². The van der Waals surface area contributed by atoms with Crippen molar-refractivity contribution in [1.82, 2.24) is 14.6 Å². The van der Waals surface area contributed by atoms with Crippen LogP contribution >= 0.6 is 0 Å². The van der Waals surface area contributed by atoms with E-state index in [0.29, 0.717) is 23.5 Å². The number of nitrogen functional groups attached to an aromatic ring is 1. The van der Waals surface area contributed by atoms with Gasteiger partial charge in [-0.1, -0.05) is 19.8 Å². The Morgan fingerprint density at radius 3 is 2.76 bits per heavy atom. The molecule has 0 radical (unpaired) electrons. The van der Waals surface area contributed by atoms with E-state index in [-0.39, 0.29) is 18.4 Å². The molecule has 3 fully saturated rings. The highest BCUT2D eigenvalue weighted by Crippen LogP contribution is 2.49. The zero-order valence-corrected chi connectivity index (χ0v) is 19.8. The Morgan fingerprint density at radius 2 is 2.03 bits per heavy atom. The van der Waals surface area contributed by atoms with Gasteiger partial charge in [0, 0.05) is 6.42 Å². The van der Waals surface area contributed by atoms with Crippen molar-refractivity contribution in [3.63, 3.8) is 0 Å². The summed E-state index contributed by atoms with van der Waals surface area (Å²) >= 11 is 0. The molecule has 4 atom stereocenters. The first-order valence-electron chi connectivity index (χ1n) is 11.9. The van der Waals surface area contributed by atoms with Crippen molar-refractivity contribution in [2.24, 2.45) is 11.8 Å². The second kappa shape index (κ2) is 8.48. The SMILES string of the molecule is CC1CCC(CC(=O)OC[C@H]2O[C@@](C#N)(c3ccc4c(N)ncnn34)[C@@H]3OC(C)(C)O[C@@H]32)CC1. The van der Waals surface area contributed by atoms with Crippen molar-refractivity contribution in [3.8, 4) is 6.07 Å². The van der Waals surface area contributed by atoms with E-state index in [4.69, 9.17) is 24.7 Å². The molecular weight excluding hydrogens is 438 g/mol. The van der Waals surface area contributed by atoms with Crippen LogP contribution < -0.4 is 5.73 Å². The molecule has 0 bridgehead atoms. The Bertz CT molecular complexity index is 1120. The Hall–Kier alpha value is -2.74. The Balaban J connectivity index is 1.37. The highest BCUT2D eigenvalue weighted by molar-refractivity contribution is 5.69. The highest BCUT2D eigenvalue weighted by atomic mass is 16.8. The molecule has 10 nitrogen and oxygen atoms in total. The first-order chi connectivity index (χ1) is 16.2. The van der Waals surface area contributed by atoms with Gasteiger partial charge in [-0.05, 0) is 50.7 Å². The summed E-state index contributed by atoms with van der Waals surface area (Å²) in [5, 5.41) is 14.6. The number of fused-ring (bicyclic) bond motifs is 2. The summed E-state index contributed by atoms with van der Waals surface area (Å²) in [5.41, 5.74) is 5.48. The van der Waals surface area contributed by atoms with Crippen LogP contribution in [-0.4, -0.2) is 51.3 Å². The number of nitrogens with zero attached hydrogens (tertiary/aromatic N) is 4. The van der Waals surface area contributed by atoms with Crippen LogP contribution in [0.25, 0.3) is 5.52 Å². The third kappa shape index (κ3) is 3.91. The molecule has 2 aliphatic heterocycles. The van der Waals surface area contributed by atoms with Gasteiger partial charge < -0.3 is 24.7 Å². The fourth-order valence-electron chi connectivity index (χ4n) is 5.47. The number of nitrogens with two attached hydrogens (primary N) is 1. The molecular formula is C24H31N5O5. The topological polar surface area (TPSA) is 134 Å². The molecule has 3 aliphatic rings. The van der Waals surface area contributed by atoms with Gasteiger partial charge in [0.2, 0.25) is 5.60 Å². The fourth-order valence-corrected chi connectivity index (χ4v) is 5.47. The second-order valence-electron chi connectivity index (χ2n) is 10.2. The fraction of sp³-hybridized carbons (Fsp3) is 0.667. The summed E-state index contributed by atoms with van der Waals surface area (Å²) in [7, 11) is 0. The van der Waals surface area contributed by atoms with Gasteiger partial charge >= 0.3 is 5.97 Å². The van der Waals surface area contributed by atoms with Gasteiger partial charge in [-0.3, -0.25) is 4.79 Å². The van der Waals surface area contributed by atoms with Crippen LogP contribution in [0, 0.1) is 23.2 Å². The van der Waals surface area contributed by atoms with Gasteiger partial charge in [-0.25, -0.2) is 9.50 Å². The number of ether oxygens (including phenoxy) is 4. The molecule has 0 spiro atoms.